The summed E-state index contributed by atoms with van der Waals surface area (Å²) in [5.41, 5.74) is 4.31. The molecule has 0 fully saturated rings. The third kappa shape index (κ3) is 3.66. The summed E-state index contributed by atoms with van der Waals surface area (Å²) < 4.78 is 0. The molecular formula is C25H24N2O2. The molecule has 4 heteroatoms. The number of hydrogen-bond donors (Lipinski definition) is 0. The van der Waals surface area contributed by atoms with E-state index in [-0.39, 0.29) is 11.8 Å². The molecule has 1 atom stereocenters. The smallest absolute Gasteiger partial charge is 0.256 e. The van der Waals surface area contributed by atoms with Crippen LogP contribution in [-0.4, -0.2) is 30.3 Å². The van der Waals surface area contributed by atoms with Gasteiger partial charge in [0.25, 0.3) is 11.8 Å². The van der Waals surface area contributed by atoms with Crippen LogP contribution in [0.25, 0.3) is 0 Å². The van der Waals surface area contributed by atoms with E-state index in [4.69, 9.17) is 0 Å². The highest BCUT2D eigenvalue weighted by atomic mass is 16.2. The number of hydrogen-bond acceptors (Lipinski definition) is 2. The van der Waals surface area contributed by atoms with Gasteiger partial charge in [0.2, 0.25) is 0 Å². The lowest BCUT2D eigenvalue weighted by molar-refractivity contribution is -0.122. The lowest BCUT2D eigenvalue weighted by Gasteiger charge is -2.30. The first-order valence-electron chi connectivity index (χ1n) is 9.84. The van der Waals surface area contributed by atoms with E-state index in [1.54, 1.807) is 22.9 Å². The monoisotopic (exact) mass is 384 g/mol. The molecule has 0 aromatic heterocycles. The Morgan fingerprint density at radius 1 is 0.828 bits per heavy atom. The average molecular weight is 384 g/mol. The van der Waals surface area contributed by atoms with E-state index >= 15 is 0 Å². The fourth-order valence-corrected chi connectivity index (χ4v) is 3.85. The molecule has 0 saturated heterocycles. The van der Waals surface area contributed by atoms with Gasteiger partial charge in [-0.3, -0.25) is 9.59 Å². The van der Waals surface area contributed by atoms with Gasteiger partial charge in [-0.25, -0.2) is 0 Å². The minimum atomic E-state index is -0.649. The van der Waals surface area contributed by atoms with Gasteiger partial charge in [-0.15, -0.1) is 0 Å². The molecule has 1 heterocycles. The Kier molecular flexibility index (Phi) is 5.17. The van der Waals surface area contributed by atoms with Crippen LogP contribution in [0.3, 0.4) is 0 Å². The minimum absolute atomic E-state index is 0.0970. The summed E-state index contributed by atoms with van der Waals surface area (Å²) in [5, 5.41) is 0. The molecule has 146 valence electrons. The first kappa shape index (κ1) is 18.9. The molecule has 0 aliphatic carbocycles. The summed E-state index contributed by atoms with van der Waals surface area (Å²) in [7, 11) is 1.75. The summed E-state index contributed by atoms with van der Waals surface area (Å²) in [4.78, 5) is 30.4. The molecule has 1 aliphatic heterocycles. The fraction of sp³-hybridized carbons (Fsp3) is 0.200. The van der Waals surface area contributed by atoms with Crippen LogP contribution in [0.15, 0.2) is 78.9 Å². The molecule has 2 amide bonds. The zero-order chi connectivity index (χ0) is 20.4. The largest absolute Gasteiger partial charge is 0.322 e. The summed E-state index contributed by atoms with van der Waals surface area (Å²) in [6, 6.07) is 24.6. The molecule has 3 aromatic carbocycles. The number of benzene rings is 3. The standard InChI is InChI=1S/C25H24N2O2/c1-18-12-14-20(15-13-18)23-25(29)26(2)22-11-7-6-10-21(22)24(28)27(23)17-16-19-8-4-3-5-9-19/h3-15,23H,16-17H2,1-2H3/t23-/m0/s1. The van der Waals surface area contributed by atoms with Crippen molar-refractivity contribution in [1.82, 2.24) is 4.90 Å². The highest BCUT2D eigenvalue weighted by molar-refractivity contribution is 6.10. The molecule has 4 rings (SSSR count). The number of nitrogens with zero attached hydrogens (tertiary/aromatic N) is 2. The van der Waals surface area contributed by atoms with Gasteiger partial charge < -0.3 is 9.80 Å². The van der Waals surface area contributed by atoms with E-state index in [1.807, 2.05) is 79.7 Å². The molecule has 0 unspecified atom stereocenters. The number of fused-ring (bicyclic) bond motifs is 1. The SMILES string of the molecule is Cc1ccc([C@H]2C(=O)N(C)c3ccccc3C(=O)N2CCc2ccccc2)cc1. The number of anilines is 1. The molecule has 0 spiro atoms. The molecule has 29 heavy (non-hydrogen) atoms. The van der Waals surface area contributed by atoms with Crippen molar-refractivity contribution in [2.75, 3.05) is 18.5 Å². The zero-order valence-corrected chi connectivity index (χ0v) is 16.7. The average Bonchev–Trinajstić information content (AvgIpc) is 2.83. The van der Waals surface area contributed by atoms with Crippen LogP contribution < -0.4 is 4.90 Å². The van der Waals surface area contributed by atoms with Crippen molar-refractivity contribution in [2.24, 2.45) is 0 Å². The maximum absolute atomic E-state index is 13.5. The van der Waals surface area contributed by atoms with Crippen LogP contribution >= 0.6 is 0 Å². The summed E-state index contributed by atoms with van der Waals surface area (Å²) in [5.74, 6) is -0.208. The Hall–Kier alpha value is -3.40. The van der Waals surface area contributed by atoms with Crippen molar-refractivity contribution < 1.29 is 9.59 Å². The Morgan fingerprint density at radius 3 is 2.21 bits per heavy atom. The Morgan fingerprint density at radius 2 is 1.48 bits per heavy atom. The van der Waals surface area contributed by atoms with Crippen LogP contribution in [0, 0.1) is 6.92 Å². The second-order valence-electron chi connectivity index (χ2n) is 7.46. The lowest BCUT2D eigenvalue weighted by Crippen LogP contribution is -2.42. The molecular weight excluding hydrogens is 360 g/mol. The van der Waals surface area contributed by atoms with E-state index in [0.717, 1.165) is 16.7 Å². The Balaban J connectivity index is 1.78. The van der Waals surface area contributed by atoms with Crippen LogP contribution in [0.5, 0.6) is 0 Å². The molecule has 0 saturated carbocycles. The second-order valence-corrected chi connectivity index (χ2v) is 7.46. The predicted molar refractivity (Wildman–Crippen MR) is 115 cm³/mol. The van der Waals surface area contributed by atoms with Crippen molar-refractivity contribution >= 4 is 17.5 Å². The first-order valence-corrected chi connectivity index (χ1v) is 9.84. The van der Waals surface area contributed by atoms with Crippen LogP contribution in [-0.2, 0) is 11.2 Å². The van der Waals surface area contributed by atoms with Gasteiger partial charge in [0.15, 0.2) is 0 Å². The maximum Gasteiger partial charge on any atom is 0.256 e. The van der Waals surface area contributed by atoms with Crippen molar-refractivity contribution in [3.05, 3.63) is 101 Å². The molecule has 4 nitrogen and oxygen atoms in total. The number of amides is 2. The van der Waals surface area contributed by atoms with Crippen LogP contribution in [0.4, 0.5) is 5.69 Å². The highest BCUT2D eigenvalue weighted by Gasteiger charge is 2.38. The van der Waals surface area contributed by atoms with Gasteiger partial charge in [-0.1, -0.05) is 72.3 Å². The van der Waals surface area contributed by atoms with Gasteiger partial charge >= 0.3 is 0 Å². The van der Waals surface area contributed by atoms with E-state index in [0.29, 0.717) is 24.2 Å². The van der Waals surface area contributed by atoms with Crippen molar-refractivity contribution in [2.45, 2.75) is 19.4 Å². The summed E-state index contributed by atoms with van der Waals surface area (Å²) >= 11 is 0. The highest BCUT2D eigenvalue weighted by Crippen LogP contribution is 2.34. The number of aryl methyl sites for hydroxylation is 1. The zero-order valence-electron chi connectivity index (χ0n) is 16.7. The van der Waals surface area contributed by atoms with Gasteiger partial charge in [0, 0.05) is 13.6 Å². The molecule has 1 aliphatic rings. The quantitative estimate of drug-likeness (QED) is 0.669. The summed E-state index contributed by atoms with van der Waals surface area (Å²) in [6.45, 7) is 2.48. The number of para-hydroxylation sites is 1. The van der Waals surface area contributed by atoms with Gasteiger partial charge in [0.05, 0.1) is 11.3 Å². The van der Waals surface area contributed by atoms with Crippen molar-refractivity contribution in [3.63, 3.8) is 0 Å². The molecule has 3 aromatic rings. The molecule has 0 radical (unpaired) electrons. The summed E-state index contributed by atoms with van der Waals surface area (Å²) in [6.07, 6.45) is 0.689. The topological polar surface area (TPSA) is 40.6 Å². The molecule has 0 N–H and O–H groups in total. The van der Waals surface area contributed by atoms with E-state index in [1.165, 1.54) is 0 Å². The van der Waals surface area contributed by atoms with Gasteiger partial charge in [0.1, 0.15) is 6.04 Å². The molecule has 0 bridgehead atoms. The second kappa shape index (κ2) is 7.92. The van der Waals surface area contributed by atoms with Gasteiger partial charge in [-0.2, -0.15) is 0 Å². The van der Waals surface area contributed by atoms with Crippen molar-refractivity contribution in [3.8, 4) is 0 Å². The van der Waals surface area contributed by atoms with E-state index in [2.05, 4.69) is 0 Å². The maximum atomic E-state index is 13.5. The third-order valence-electron chi connectivity index (χ3n) is 5.51. The number of rotatable bonds is 4. The lowest BCUT2D eigenvalue weighted by atomic mass is 10.0. The van der Waals surface area contributed by atoms with Gasteiger partial charge in [-0.05, 0) is 36.6 Å². The Bertz CT molecular complexity index is 1030. The van der Waals surface area contributed by atoms with Crippen molar-refractivity contribution in [1.29, 1.82) is 0 Å². The number of carbonyl (C=O) groups excluding carboxylic acids is 2. The minimum Gasteiger partial charge on any atom is -0.322 e. The predicted octanol–water partition coefficient (Wildman–Crippen LogP) is 4.40. The Labute approximate surface area is 171 Å². The first-order chi connectivity index (χ1) is 14.1. The van der Waals surface area contributed by atoms with Crippen LogP contribution in [0.2, 0.25) is 0 Å². The number of likely N-dealkylation sites (N-methyl/N-ethyl adjacent to an activating group) is 1. The van der Waals surface area contributed by atoms with E-state index < -0.39 is 6.04 Å². The van der Waals surface area contributed by atoms with E-state index in [9.17, 15) is 9.59 Å². The number of carbonyl (C=O) groups is 2. The third-order valence-corrected chi connectivity index (χ3v) is 5.51. The normalized spacial score (nSPS) is 16.6. The van der Waals surface area contributed by atoms with Crippen LogP contribution in [0.1, 0.15) is 33.1 Å². The fourth-order valence-electron chi connectivity index (χ4n) is 3.85.